The van der Waals surface area contributed by atoms with Gasteiger partial charge in [-0.2, -0.15) is 0 Å². The first kappa shape index (κ1) is 108. The van der Waals surface area contributed by atoms with Crippen molar-refractivity contribution >= 4 is 68.2 Å². The van der Waals surface area contributed by atoms with E-state index in [4.69, 9.17) is 0 Å². The summed E-state index contributed by atoms with van der Waals surface area (Å²) in [6.45, 7) is 72.9. The molecular formula is C124H168N8O4. The first-order chi connectivity index (χ1) is 63.1. The Morgan fingerprint density at radius 1 is 0.191 bits per heavy atom. The zero-order valence-corrected chi connectivity index (χ0v) is 88.8. The Balaban J connectivity index is 0.000000204. The van der Waals surface area contributed by atoms with Gasteiger partial charge in [0.2, 0.25) is 0 Å². The van der Waals surface area contributed by atoms with E-state index in [2.05, 4.69) is 482 Å². The summed E-state index contributed by atoms with van der Waals surface area (Å²) >= 11 is 0. The maximum Gasteiger partial charge on any atom is 0.123 e. The molecule has 0 radical (unpaired) electrons. The Morgan fingerprint density at radius 2 is 0.338 bits per heavy atom. The van der Waals surface area contributed by atoms with Gasteiger partial charge < -0.3 is 63.0 Å². The van der Waals surface area contributed by atoms with Gasteiger partial charge in [-0.25, -0.2) is 0 Å². The highest BCUT2D eigenvalue weighted by atomic mass is 16.3. The van der Waals surface area contributed by atoms with Gasteiger partial charge in [-0.05, 0) is 364 Å². The van der Waals surface area contributed by atoms with Crippen LogP contribution in [0.5, 0.6) is 23.0 Å². The number of phenols is 4. The number of anilines is 12. The van der Waals surface area contributed by atoms with Gasteiger partial charge in [0.25, 0.3) is 0 Å². The van der Waals surface area contributed by atoms with Crippen LogP contribution in [-0.2, 0) is 82.3 Å². The second-order valence-electron chi connectivity index (χ2n) is 48.7. The van der Waals surface area contributed by atoms with E-state index >= 15 is 0 Å². The van der Waals surface area contributed by atoms with Crippen LogP contribution in [0.4, 0.5) is 68.2 Å². The molecule has 0 spiro atoms. The molecule has 0 heterocycles. The van der Waals surface area contributed by atoms with Crippen LogP contribution < -0.4 is 42.5 Å². The minimum absolute atomic E-state index is 0.120. The molecule has 12 nitrogen and oxygen atoms in total. The zero-order valence-electron chi connectivity index (χ0n) is 88.8. The smallest absolute Gasteiger partial charge is 0.123 e. The van der Waals surface area contributed by atoms with Crippen molar-refractivity contribution in [2.24, 2.45) is 22.7 Å². The predicted molar refractivity (Wildman–Crippen MR) is 590 cm³/mol. The highest BCUT2D eigenvalue weighted by Crippen LogP contribution is 2.46. The normalized spacial score (nSPS) is 12.7. The summed E-state index contributed by atoms with van der Waals surface area (Å²) < 4.78 is 0. The summed E-state index contributed by atoms with van der Waals surface area (Å²) in [6.07, 6.45) is 4.70. The van der Waals surface area contributed by atoms with Crippen LogP contribution in [0.3, 0.4) is 0 Å². The van der Waals surface area contributed by atoms with Gasteiger partial charge in [-0.15, -0.1) is 0 Å². The number of hydrogen-bond donors (Lipinski definition) is 12. The van der Waals surface area contributed by atoms with Crippen LogP contribution in [0.25, 0.3) is 0 Å². The van der Waals surface area contributed by atoms with Crippen LogP contribution >= 0.6 is 0 Å². The lowest BCUT2D eigenvalue weighted by atomic mass is 9.78. The lowest BCUT2D eigenvalue weighted by molar-refractivity contribution is 0.306. The molecule has 728 valence electrons. The van der Waals surface area contributed by atoms with Crippen molar-refractivity contribution in [1.29, 1.82) is 0 Å². The number of nitrogens with one attached hydrogen (secondary N) is 8. The molecule has 0 aliphatic heterocycles. The molecule has 0 saturated carbocycles. The van der Waals surface area contributed by atoms with Gasteiger partial charge in [-0.3, -0.25) is 0 Å². The standard InChI is InChI=1S/2C35H50N2O.2C27H34N2O/c2*1-24(22-33(2,3)4)19-25-11-13-28(14-12-25)37-29-17-15-27(16-18-29)36-23-26-20-30(34(5,6)7)32(38)31(21-26)35(8,9)10;2*1-26(2,3)23-16-19(17-24(25(23)30)27(4,5)6)18-28-20-12-14-22(15-13-20)29-21-10-8-7-9-11-21/h2*11-18,20-21,24,36-38H,19,22-23H2,1-10H3;2*7-17,28-30H,18H2,1-6H3. The summed E-state index contributed by atoms with van der Waals surface area (Å²) in [5.74, 6) is 3.06. The maximum absolute atomic E-state index is 11.0. The van der Waals surface area contributed by atoms with Crippen molar-refractivity contribution in [3.05, 3.63) is 333 Å². The lowest BCUT2D eigenvalue weighted by Crippen LogP contribution is -2.18. The van der Waals surface area contributed by atoms with Crippen molar-refractivity contribution in [3.63, 3.8) is 0 Å². The molecule has 0 aliphatic rings. The topological polar surface area (TPSA) is 177 Å². The zero-order chi connectivity index (χ0) is 100. The number of phenolic OH excluding ortho intramolecular Hbond substituents is 4. The molecule has 12 aromatic carbocycles. The van der Waals surface area contributed by atoms with E-state index < -0.39 is 0 Å². The number of benzene rings is 12. The second-order valence-corrected chi connectivity index (χ2v) is 48.7. The molecule has 0 bridgehead atoms. The Hall–Kier alpha value is -11.8. The van der Waals surface area contributed by atoms with Crippen LogP contribution in [-0.4, -0.2) is 20.4 Å². The van der Waals surface area contributed by atoms with E-state index in [1.807, 2.05) is 36.4 Å². The molecule has 12 aromatic rings. The van der Waals surface area contributed by atoms with Gasteiger partial charge in [0.15, 0.2) is 0 Å². The second kappa shape index (κ2) is 45.0. The van der Waals surface area contributed by atoms with E-state index in [1.54, 1.807) is 0 Å². The molecule has 0 saturated heterocycles. The third kappa shape index (κ3) is 33.9. The molecule has 0 aromatic heterocycles. The predicted octanol–water partition coefficient (Wildman–Crippen LogP) is 34.6. The Morgan fingerprint density at radius 3 is 0.493 bits per heavy atom. The summed E-state index contributed by atoms with van der Waals surface area (Å²) in [5.41, 5.74) is 28.1. The first-order valence-electron chi connectivity index (χ1n) is 49.3. The average Bonchev–Trinajstić information content (AvgIpc) is 0.792. The lowest BCUT2D eigenvalue weighted by Gasteiger charge is -2.28. The highest BCUT2D eigenvalue weighted by molar-refractivity contribution is 5.68. The summed E-state index contributed by atoms with van der Waals surface area (Å²) in [6, 6.07) is 88.6. The Bertz CT molecular complexity index is 5270. The molecule has 12 heteroatoms. The number of para-hydroxylation sites is 2. The third-order valence-corrected chi connectivity index (χ3v) is 24.4. The highest BCUT2D eigenvalue weighted by Gasteiger charge is 2.32. The van der Waals surface area contributed by atoms with Crippen molar-refractivity contribution in [2.75, 3.05) is 42.5 Å². The average molecular weight is 1830 g/mol. The van der Waals surface area contributed by atoms with E-state index in [9.17, 15) is 20.4 Å². The molecule has 0 amide bonds. The minimum Gasteiger partial charge on any atom is -0.507 e. The van der Waals surface area contributed by atoms with E-state index in [1.165, 1.54) is 46.2 Å². The molecule has 12 N–H and O–H groups in total. The summed E-state index contributed by atoms with van der Waals surface area (Å²) in [5, 5.41) is 71.8. The number of hydrogen-bond acceptors (Lipinski definition) is 12. The molecule has 0 aliphatic carbocycles. The van der Waals surface area contributed by atoms with Gasteiger partial charge in [0.1, 0.15) is 23.0 Å². The molecule has 2 unspecified atom stereocenters. The van der Waals surface area contributed by atoms with Gasteiger partial charge in [0, 0.05) is 94.4 Å². The first-order valence-corrected chi connectivity index (χ1v) is 49.3. The fourth-order valence-corrected chi connectivity index (χ4v) is 17.5. The fraction of sp³-hybridized carbons (Fsp3) is 0.419. The van der Waals surface area contributed by atoms with E-state index in [0.29, 0.717) is 71.8 Å². The van der Waals surface area contributed by atoms with Crippen molar-refractivity contribution in [3.8, 4) is 23.0 Å². The van der Waals surface area contributed by atoms with Crippen LogP contribution in [0, 0.1) is 22.7 Å². The van der Waals surface area contributed by atoms with Gasteiger partial charge in [0.05, 0.1) is 0 Å². The summed E-state index contributed by atoms with van der Waals surface area (Å²) in [7, 11) is 0. The van der Waals surface area contributed by atoms with Crippen molar-refractivity contribution in [2.45, 2.75) is 317 Å². The van der Waals surface area contributed by atoms with Crippen LogP contribution in [0.2, 0.25) is 0 Å². The van der Waals surface area contributed by atoms with E-state index in [-0.39, 0.29) is 43.3 Å². The SMILES string of the molecule is CC(C)(C)c1cc(CNc2ccc(Nc3ccccc3)cc2)cc(C(C)(C)C)c1O.CC(C)(C)c1cc(CNc2ccc(Nc3ccccc3)cc2)cc(C(C)(C)C)c1O.CC(Cc1ccc(Nc2ccc(NCc3cc(C(C)(C)C)c(O)c(C(C)(C)C)c3)cc2)cc1)CC(C)(C)C.CC(Cc1ccc(Nc2ccc(NCc3cc(C(C)(C)C)c(O)c(C(C)(C)C)c3)cc2)cc1)CC(C)(C)C. The monoisotopic (exact) mass is 1830 g/mol. The molecule has 2 atom stereocenters. The largest absolute Gasteiger partial charge is 0.507 e. The van der Waals surface area contributed by atoms with Gasteiger partial charge in [-0.1, -0.05) is 282 Å². The molecular weight excluding hydrogens is 1670 g/mol. The van der Waals surface area contributed by atoms with Gasteiger partial charge >= 0.3 is 0 Å². The summed E-state index contributed by atoms with van der Waals surface area (Å²) in [4.78, 5) is 0. The quantitative estimate of drug-likeness (QED) is 0.0247. The Labute approximate surface area is 821 Å². The van der Waals surface area contributed by atoms with Crippen LogP contribution in [0.1, 0.15) is 312 Å². The van der Waals surface area contributed by atoms with Crippen molar-refractivity contribution < 1.29 is 20.4 Å². The number of rotatable bonds is 26. The fourth-order valence-electron chi connectivity index (χ4n) is 17.5. The molecule has 136 heavy (non-hydrogen) atoms. The third-order valence-electron chi connectivity index (χ3n) is 24.4. The number of aromatic hydroxyl groups is 4. The van der Waals surface area contributed by atoms with E-state index in [0.717, 1.165) is 126 Å². The maximum atomic E-state index is 11.0. The molecule has 0 fully saturated rings. The van der Waals surface area contributed by atoms with Crippen molar-refractivity contribution in [1.82, 2.24) is 0 Å². The Kier molecular flexibility index (Phi) is 35.7. The molecule has 12 rings (SSSR count). The minimum atomic E-state index is -0.129. The van der Waals surface area contributed by atoms with Crippen LogP contribution in [0.15, 0.2) is 255 Å².